The molecule has 2 N–H and O–H groups in total. The Morgan fingerprint density at radius 2 is 2.00 bits per heavy atom. The topological polar surface area (TPSA) is 93.2 Å². The van der Waals surface area contributed by atoms with Crippen LogP contribution in [0.3, 0.4) is 0 Å². The fourth-order valence-electron chi connectivity index (χ4n) is 2.25. The van der Waals surface area contributed by atoms with E-state index in [1.165, 1.54) is 30.2 Å². The molecule has 2 aromatic rings. The molecule has 146 valence electrons. The molecule has 7 nitrogen and oxygen atoms in total. The number of benzene rings is 1. The summed E-state index contributed by atoms with van der Waals surface area (Å²) in [5, 5.41) is 14.8. The third kappa shape index (κ3) is 6.84. The van der Waals surface area contributed by atoms with Gasteiger partial charge >= 0.3 is 5.97 Å². The van der Waals surface area contributed by atoms with Crippen LogP contribution in [0.25, 0.3) is 0 Å². The Hall–Kier alpha value is -2.13. The van der Waals surface area contributed by atoms with Gasteiger partial charge in [0.2, 0.25) is 11.0 Å². The quantitative estimate of drug-likeness (QED) is 0.461. The van der Waals surface area contributed by atoms with Crippen LogP contribution in [0.4, 0.5) is 5.13 Å². The average molecular weight is 409 g/mol. The number of nitrogens with zero attached hydrogens (tertiary/aromatic N) is 2. The van der Waals surface area contributed by atoms with E-state index in [1.807, 2.05) is 44.2 Å². The third-order valence-electron chi connectivity index (χ3n) is 4.00. The molecule has 0 bridgehead atoms. The monoisotopic (exact) mass is 408 g/mol. The Kier molecular flexibility index (Phi) is 8.53. The number of anilines is 1. The first-order valence-electron chi connectivity index (χ1n) is 8.64. The molecule has 2 rings (SSSR count). The first kappa shape index (κ1) is 21.2. The largest absolute Gasteiger partial charge is 0.467 e. The lowest BCUT2D eigenvalue weighted by molar-refractivity contribution is -0.146. The second kappa shape index (κ2) is 10.9. The number of rotatable bonds is 10. The number of methoxy groups -OCH3 is 1. The van der Waals surface area contributed by atoms with Gasteiger partial charge < -0.3 is 15.4 Å². The lowest BCUT2D eigenvalue weighted by atomic mass is 9.99. The van der Waals surface area contributed by atoms with Crippen molar-refractivity contribution in [1.82, 2.24) is 15.5 Å². The molecule has 0 aliphatic carbocycles. The molecule has 0 radical (unpaired) electrons. The van der Waals surface area contributed by atoms with Crippen LogP contribution in [0, 0.1) is 5.92 Å². The molecule has 1 aromatic heterocycles. The van der Waals surface area contributed by atoms with E-state index in [0.29, 0.717) is 16.0 Å². The van der Waals surface area contributed by atoms with Crippen LogP contribution >= 0.6 is 23.1 Å². The molecule has 0 saturated carbocycles. The first-order valence-corrected chi connectivity index (χ1v) is 10.4. The minimum absolute atomic E-state index is 0.00159. The second-order valence-electron chi connectivity index (χ2n) is 5.95. The minimum atomic E-state index is -0.634. The van der Waals surface area contributed by atoms with Crippen molar-refractivity contribution >= 4 is 40.1 Å². The Balaban J connectivity index is 1.81. The first-order chi connectivity index (χ1) is 13.0. The number of ether oxygens (including phenoxy) is 1. The van der Waals surface area contributed by atoms with E-state index in [-0.39, 0.29) is 17.6 Å². The number of carbonyl (C=O) groups is 2. The van der Waals surface area contributed by atoms with Crippen LogP contribution in [-0.4, -0.2) is 41.0 Å². The maximum atomic E-state index is 12.2. The van der Waals surface area contributed by atoms with Gasteiger partial charge in [0.05, 0.1) is 12.9 Å². The number of aromatic nitrogens is 2. The number of thioether (sulfide) groups is 1. The van der Waals surface area contributed by atoms with Crippen molar-refractivity contribution in [3.05, 3.63) is 35.9 Å². The lowest BCUT2D eigenvalue weighted by Crippen LogP contribution is -2.46. The number of carbonyl (C=O) groups excluding carboxylic acids is 2. The van der Waals surface area contributed by atoms with Crippen molar-refractivity contribution in [2.24, 2.45) is 5.92 Å². The van der Waals surface area contributed by atoms with Gasteiger partial charge in [-0.3, -0.25) is 4.79 Å². The van der Waals surface area contributed by atoms with Crippen molar-refractivity contribution in [2.75, 3.05) is 18.2 Å². The van der Waals surface area contributed by atoms with Crippen LogP contribution in [0.5, 0.6) is 0 Å². The summed E-state index contributed by atoms with van der Waals surface area (Å²) in [5.74, 6) is -0.491. The number of hydrogen-bond donors (Lipinski definition) is 2. The third-order valence-corrected chi connectivity index (χ3v) is 6.02. The van der Waals surface area contributed by atoms with E-state index in [4.69, 9.17) is 4.74 Å². The Bertz CT molecular complexity index is 739. The summed E-state index contributed by atoms with van der Waals surface area (Å²) >= 11 is 2.69. The van der Waals surface area contributed by atoms with Crippen molar-refractivity contribution in [3.8, 4) is 0 Å². The number of amides is 1. The van der Waals surface area contributed by atoms with Gasteiger partial charge in [0.25, 0.3) is 0 Å². The molecular weight excluding hydrogens is 384 g/mol. The van der Waals surface area contributed by atoms with E-state index >= 15 is 0 Å². The van der Waals surface area contributed by atoms with Crippen LogP contribution < -0.4 is 10.6 Å². The van der Waals surface area contributed by atoms with E-state index in [2.05, 4.69) is 20.8 Å². The Labute approximate surface area is 167 Å². The van der Waals surface area contributed by atoms with E-state index in [1.54, 1.807) is 0 Å². The van der Waals surface area contributed by atoms with Crippen LogP contribution in [0.15, 0.2) is 34.7 Å². The van der Waals surface area contributed by atoms with E-state index in [0.717, 1.165) is 12.0 Å². The van der Waals surface area contributed by atoms with Crippen LogP contribution in [-0.2, 0) is 20.9 Å². The van der Waals surface area contributed by atoms with E-state index in [9.17, 15) is 9.59 Å². The maximum Gasteiger partial charge on any atom is 0.328 e. The number of esters is 1. The smallest absolute Gasteiger partial charge is 0.328 e. The fraction of sp³-hybridized carbons (Fsp3) is 0.444. The highest BCUT2D eigenvalue weighted by Crippen LogP contribution is 2.25. The summed E-state index contributed by atoms with van der Waals surface area (Å²) in [5.41, 5.74) is 1.15. The summed E-state index contributed by atoms with van der Waals surface area (Å²) in [4.78, 5) is 24.0. The van der Waals surface area contributed by atoms with Crippen molar-refractivity contribution in [2.45, 2.75) is 37.2 Å². The van der Waals surface area contributed by atoms with Crippen LogP contribution in [0.2, 0.25) is 0 Å². The molecule has 2 atom stereocenters. The molecule has 1 heterocycles. The summed E-state index contributed by atoms with van der Waals surface area (Å²) in [6.07, 6.45) is 0.764. The number of nitrogens with one attached hydrogen (secondary N) is 2. The van der Waals surface area contributed by atoms with Crippen LogP contribution in [0.1, 0.15) is 25.8 Å². The lowest BCUT2D eigenvalue weighted by Gasteiger charge is -2.21. The highest BCUT2D eigenvalue weighted by Gasteiger charge is 2.26. The van der Waals surface area contributed by atoms with Gasteiger partial charge in [-0.25, -0.2) is 4.79 Å². The molecule has 0 aliphatic rings. The maximum absolute atomic E-state index is 12.2. The minimum Gasteiger partial charge on any atom is -0.467 e. The average Bonchev–Trinajstić information content (AvgIpc) is 3.16. The van der Waals surface area contributed by atoms with Gasteiger partial charge in [0.1, 0.15) is 6.04 Å². The highest BCUT2D eigenvalue weighted by molar-refractivity contribution is 8.01. The summed E-state index contributed by atoms with van der Waals surface area (Å²) < 4.78 is 5.47. The van der Waals surface area contributed by atoms with Gasteiger partial charge in [-0.2, -0.15) is 0 Å². The molecule has 0 unspecified atom stereocenters. The molecular formula is C18H24N4O3S2. The summed E-state index contributed by atoms with van der Waals surface area (Å²) in [7, 11) is 1.32. The highest BCUT2D eigenvalue weighted by atomic mass is 32.2. The molecule has 1 aromatic carbocycles. The molecule has 1 amide bonds. The second-order valence-corrected chi connectivity index (χ2v) is 8.15. The van der Waals surface area contributed by atoms with Gasteiger partial charge in [0.15, 0.2) is 4.34 Å². The van der Waals surface area contributed by atoms with Crippen molar-refractivity contribution in [1.29, 1.82) is 0 Å². The standard InChI is InChI=1S/C18H24N4O3S2/c1-4-12(2)15(16(24)25-3)20-14(23)11-26-18-22-21-17(27-18)19-10-13-8-6-5-7-9-13/h5-9,12,15H,4,10-11H2,1-3H3,(H,19,21)(H,20,23)/t12-,15+/m0/s1. The zero-order valence-corrected chi connectivity index (χ0v) is 17.2. The Morgan fingerprint density at radius 3 is 2.67 bits per heavy atom. The van der Waals surface area contributed by atoms with E-state index < -0.39 is 12.0 Å². The molecule has 0 saturated heterocycles. The summed E-state index contributed by atoms with van der Waals surface area (Å²) in [6.45, 7) is 4.54. The predicted molar refractivity (Wildman–Crippen MR) is 108 cm³/mol. The molecule has 0 fully saturated rings. The van der Waals surface area contributed by atoms with Crippen molar-refractivity contribution in [3.63, 3.8) is 0 Å². The Morgan fingerprint density at radius 1 is 1.26 bits per heavy atom. The molecule has 9 heteroatoms. The number of hydrogen-bond acceptors (Lipinski definition) is 8. The van der Waals surface area contributed by atoms with Gasteiger partial charge in [-0.15, -0.1) is 10.2 Å². The van der Waals surface area contributed by atoms with Gasteiger partial charge in [-0.05, 0) is 11.5 Å². The molecule has 27 heavy (non-hydrogen) atoms. The predicted octanol–water partition coefficient (Wildman–Crippen LogP) is 2.95. The molecule has 0 aliphatic heterocycles. The fourth-order valence-corrected chi connectivity index (χ4v) is 3.81. The van der Waals surface area contributed by atoms with Gasteiger partial charge in [0, 0.05) is 6.54 Å². The van der Waals surface area contributed by atoms with Gasteiger partial charge in [-0.1, -0.05) is 73.7 Å². The summed E-state index contributed by atoms with van der Waals surface area (Å²) in [6, 6.07) is 9.37. The normalized spacial score (nSPS) is 12.9. The zero-order chi connectivity index (χ0) is 19.6. The molecule has 0 spiro atoms. The zero-order valence-electron chi connectivity index (χ0n) is 15.6. The van der Waals surface area contributed by atoms with Crippen molar-refractivity contribution < 1.29 is 14.3 Å². The SMILES string of the molecule is CC[C@H](C)[C@@H](NC(=O)CSc1nnc(NCc2ccccc2)s1)C(=O)OC.